The van der Waals surface area contributed by atoms with Crippen molar-refractivity contribution < 1.29 is 9.53 Å². The van der Waals surface area contributed by atoms with E-state index in [1.807, 2.05) is 36.1 Å². The van der Waals surface area contributed by atoms with E-state index in [0.29, 0.717) is 18.5 Å². The van der Waals surface area contributed by atoms with Crippen LogP contribution in [-0.2, 0) is 13.0 Å². The molecule has 0 radical (unpaired) electrons. The first-order valence-corrected chi connectivity index (χ1v) is 8.28. The number of nitrogens with one attached hydrogen (secondary N) is 1. The van der Waals surface area contributed by atoms with Gasteiger partial charge in [-0.2, -0.15) is 0 Å². The number of aromatic amines is 1. The van der Waals surface area contributed by atoms with E-state index >= 15 is 0 Å². The zero-order valence-electron chi connectivity index (χ0n) is 14.0. The number of carbonyl (C=O) groups is 1. The van der Waals surface area contributed by atoms with E-state index in [1.54, 1.807) is 13.2 Å². The summed E-state index contributed by atoms with van der Waals surface area (Å²) >= 11 is 0. The molecule has 3 rings (SSSR count). The molecule has 1 N–H and O–H groups in total. The predicted molar refractivity (Wildman–Crippen MR) is 92.3 cm³/mol. The fourth-order valence-electron chi connectivity index (χ4n) is 2.85. The highest BCUT2D eigenvalue weighted by Gasteiger charge is 2.33. The fourth-order valence-corrected chi connectivity index (χ4v) is 2.85. The van der Waals surface area contributed by atoms with Crippen LogP contribution in [0.5, 0.6) is 5.75 Å². The van der Waals surface area contributed by atoms with Gasteiger partial charge in [0, 0.05) is 35.5 Å². The third-order valence-corrected chi connectivity index (χ3v) is 4.31. The Hall–Kier alpha value is -2.56. The molecule has 0 bridgehead atoms. The van der Waals surface area contributed by atoms with Crippen molar-refractivity contribution in [2.24, 2.45) is 0 Å². The molecule has 0 atom stereocenters. The van der Waals surface area contributed by atoms with Crippen molar-refractivity contribution in [2.75, 3.05) is 7.11 Å². The molecule has 2 aromatic rings. The number of ether oxygens (including phenoxy) is 1. The van der Waals surface area contributed by atoms with Crippen LogP contribution in [0, 0.1) is 0 Å². The summed E-state index contributed by atoms with van der Waals surface area (Å²) in [6, 6.07) is 11.1. The smallest absolute Gasteiger partial charge is 0.254 e. The van der Waals surface area contributed by atoms with Gasteiger partial charge in [-0.3, -0.25) is 9.59 Å². The van der Waals surface area contributed by atoms with E-state index in [1.165, 1.54) is 6.07 Å². The summed E-state index contributed by atoms with van der Waals surface area (Å²) in [5.74, 6) is 0.681. The topological polar surface area (TPSA) is 62.4 Å². The number of rotatable bonds is 6. The molecule has 24 heavy (non-hydrogen) atoms. The summed E-state index contributed by atoms with van der Waals surface area (Å²) in [7, 11) is 1.63. The van der Waals surface area contributed by atoms with Crippen LogP contribution >= 0.6 is 0 Å². The molecule has 1 aromatic heterocycles. The third kappa shape index (κ3) is 3.50. The molecule has 1 aromatic carbocycles. The minimum Gasteiger partial charge on any atom is -0.496 e. The van der Waals surface area contributed by atoms with Gasteiger partial charge in [-0.25, -0.2) is 0 Å². The SMILES string of the molecule is CCc1cc(C(=O)N(Cc2ccccc2OC)C2CC2)cc(=O)[nH]1. The summed E-state index contributed by atoms with van der Waals surface area (Å²) in [6.45, 7) is 2.44. The first-order valence-electron chi connectivity index (χ1n) is 8.28. The molecular weight excluding hydrogens is 304 g/mol. The van der Waals surface area contributed by atoms with E-state index in [4.69, 9.17) is 4.74 Å². The van der Waals surface area contributed by atoms with Crippen LogP contribution in [0.15, 0.2) is 41.2 Å². The highest BCUT2D eigenvalue weighted by molar-refractivity contribution is 5.94. The third-order valence-electron chi connectivity index (χ3n) is 4.31. The molecule has 1 fully saturated rings. The molecule has 1 amide bonds. The number of amides is 1. The molecule has 1 heterocycles. The number of hydrogen-bond acceptors (Lipinski definition) is 3. The van der Waals surface area contributed by atoms with Crippen LogP contribution in [0.3, 0.4) is 0 Å². The van der Waals surface area contributed by atoms with Crippen molar-refractivity contribution in [3.63, 3.8) is 0 Å². The number of hydrogen-bond donors (Lipinski definition) is 1. The Morgan fingerprint density at radius 2 is 2.04 bits per heavy atom. The van der Waals surface area contributed by atoms with Gasteiger partial charge in [-0.15, -0.1) is 0 Å². The van der Waals surface area contributed by atoms with Crippen molar-refractivity contribution in [3.8, 4) is 5.75 Å². The molecule has 0 spiro atoms. The highest BCUT2D eigenvalue weighted by Crippen LogP contribution is 2.31. The lowest BCUT2D eigenvalue weighted by Gasteiger charge is -2.23. The zero-order chi connectivity index (χ0) is 17.1. The highest BCUT2D eigenvalue weighted by atomic mass is 16.5. The molecule has 0 saturated heterocycles. The Labute approximate surface area is 141 Å². The van der Waals surface area contributed by atoms with E-state index in [0.717, 1.165) is 29.8 Å². The lowest BCUT2D eigenvalue weighted by Crippen LogP contribution is -2.33. The molecule has 0 unspecified atom stereocenters. The van der Waals surface area contributed by atoms with Crippen LogP contribution in [0.25, 0.3) is 0 Å². The molecule has 1 saturated carbocycles. The number of nitrogens with zero attached hydrogens (tertiary/aromatic N) is 1. The van der Waals surface area contributed by atoms with Gasteiger partial charge in [-0.05, 0) is 31.4 Å². The van der Waals surface area contributed by atoms with Gasteiger partial charge in [0.05, 0.1) is 7.11 Å². The fraction of sp³-hybridized carbons (Fsp3) is 0.368. The average Bonchev–Trinajstić information content (AvgIpc) is 3.43. The van der Waals surface area contributed by atoms with Crippen LogP contribution in [0.2, 0.25) is 0 Å². The molecular formula is C19H22N2O3. The van der Waals surface area contributed by atoms with E-state index in [-0.39, 0.29) is 17.5 Å². The minimum absolute atomic E-state index is 0.0933. The predicted octanol–water partition coefficient (Wildman–Crippen LogP) is 2.75. The van der Waals surface area contributed by atoms with E-state index in [9.17, 15) is 9.59 Å². The summed E-state index contributed by atoms with van der Waals surface area (Å²) < 4.78 is 5.39. The largest absolute Gasteiger partial charge is 0.496 e. The van der Waals surface area contributed by atoms with Gasteiger partial charge in [0.2, 0.25) is 5.56 Å². The maximum absolute atomic E-state index is 13.0. The second-order valence-electron chi connectivity index (χ2n) is 6.09. The quantitative estimate of drug-likeness (QED) is 0.888. The van der Waals surface area contributed by atoms with Gasteiger partial charge in [-0.1, -0.05) is 25.1 Å². The van der Waals surface area contributed by atoms with E-state index < -0.39 is 0 Å². The Morgan fingerprint density at radius 1 is 1.29 bits per heavy atom. The van der Waals surface area contributed by atoms with Crippen LogP contribution < -0.4 is 10.3 Å². The summed E-state index contributed by atoms with van der Waals surface area (Å²) in [4.78, 5) is 29.4. The lowest BCUT2D eigenvalue weighted by atomic mass is 10.1. The van der Waals surface area contributed by atoms with Crippen LogP contribution in [0.4, 0.5) is 0 Å². The second kappa shape index (κ2) is 6.91. The number of pyridine rings is 1. The number of carbonyl (C=O) groups excluding carboxylic acids is 1. The minimum atomic E-state index is -0.231. The van der Waals surface area contributed by atoms with Gasteiger partial charge < -0.3 is 14.6 Å². The molecule has 126 valence electrons. The first kappa shape index (κ1) is 16.3. The van der Waals surface area contributed by atoms with Crippen LogP contribution in [0.1, 0.15) is 41.4 Å². The van der Waals surface area contributed by atoms with Gasteiger partial charge in [0.25, 0.3) is 5.91 Å². The molecule has 0 aliphatic heterocycles. The molecule has 1 aliphatic carbocycles. The molecule has 5 heteroatoms. The Kier molecular flexibility index (Phi) is 4.69. The van der Waals surface area contributed by atoms with Gasteiger partial charge in [0.1, 0.15) is 5.75 Å². The number of para-hydroxylation sites is 1. The standard InChI is InChI=1S/C19H22N2O3/c1-3-15-10-14(11-18(22)20-15)19(23)21(16-8-9-16)12-13-6-4-5-7-17(13)24-2/h4-7,10-11,16H,3,8-9,12H2,1-2H3,(H,20,22). The summed E-state index contributed by atoms with van der Waals surface area (Å²) in [5, 5.41) is 0. The number of aromatic nitrogens is 1. The number of benzene rings is 1. The van der Waals surface area contributed by atoms with Gasteiger partial charge in [0.15, 0.2) is 0 Å². The Bertz CT molecular complexity index is 793. The number of aryl methyl sites for hydroxylation is 1. The number of methoxy groups -OCH3 is 1. The number of H-pyrrole nitrogens is 1. The van der Waals surface area contributed by atoms with Crippen molar-refractivity contribution in [1.82, 2.24) is 9.88 Å². The zero-order valence-corrected chi connectivity index (χ0v) is 14.0. The first-order chi connectivity index (χ1) is 11.6. The summed E-state index contributed by atoms with van der Waals surface area (Å²) in [6.07, 6.45) is 2.70. The van der Waals surface area contributed by atoms with E-state index in [2.05, 4.69) is 4.98 Å². The van der Waals surface area contributed by atoms with Crippen molar-refractivity contribution in [2.45, 2.75) is 38.8 Å². The maximum Gasteiger partial charge on any atom is 0.254 e. The second-order valence-corrected chi connectivity index (χ2v) is 6.09. The Morgan fingerprint density at radius 3 is 2.71 bits per heavy atom. The monoisotopic (exact) mass is 326 g/mol. The average molecular weight is 326 g/mol. The molecule has 5 nitrogen and oxygen atoms in total. The molecule has 1 aliphatic rings. The van der Waals surface area contributed by atoms with Gasteiger partial charge >= 0.3 is 0 Å². The van der Waals surface area contributed by atoms with Crippen LogP contribution in [-0.4, -0.2) is 28.9 Å². The maximum atomic E-state index is 13.0. The normalized spacial score (nSPS) is 13.6. The lowest BCUT2D eigenvalue weighted by molar-refractivity contribution is 0.0728. The van der Waals surface area contributed by atoms with Crippen molar-refractivity contribution in [3.05, 3.63) is 63.6 Å². The van der Waals surface area contributed by atoms with Crippen molar-refractivity contribution >= 4 is 5.91 Å². The summed E-state index contributed by atoms with van der Waals surface area (Å²) in [5.41, 5.74) is 1.97. The van der Waals surface area contributed by atoms with Crippen molar-refractivity contribution in [1.29, 1.82) is 0 Å². The Balaban J connectivity index is 1.90.